The minimum absolute atomic E-state index is 0.205. The van der Waals surface area contributed by atoms with Gasteiger partial charge in [0, 0.05) is 19.3 Å². The Morgan fingerprint density at radius 3 is 2.65 bits per heavy atom. The summed E-state index contributed by atoms with van der Waals surface area (Å²) in [5.74, 6) is 0.873. The highest BCUT2D eigenvalue weighted by Gasteiger charge is 2.23. The third kappa shape index (κ3) is 3.64. The largest absolute Gasteiger partial charge is 0.356 e. The van der Waals surface area contributed by atoms with Gasteiger partial charge in [-0.2, -0.15) is 8.42 Å². The molecule has 1 aliphatic heterocycles. The van der Waals surface area contributed by atoms with Crippen molar-refractivity contribution in [3.63, 3.8) is 0 Å². The van der Waals surface area contributed by atoms with Crippen LogP contribution in [0.4, 0.5) is 5.82 Å². The van der Waals surface area contributed by atoms with Gasteiger partial charge in [-0.3, -0.25) is 4.18 Å². The van der Waals surface area contributed by atoms with Gasteiger partial charge in [0.25, 0.3) is 10.1 Å². The average Bonchev–Trinajstić information content (AvgIpc) is 2.29. The Bertz CT molecular complexity index is 455. The van der Waals surface area contributed by atoms with Gasteiger partial charge in [-0.15, -0.1) is 0 Å². The molecule has 0 radical (unpaired) electrons. The van der Waals surface area contributed by atoms with E-state index in [1.165, 1.54) is 6.33 Å². The predicted octanol–water partition coefficient (Wildman–Crippen LogP) is 0.422. The fourth-order valence-corrected chi connectivity index (χ4v) is 2.59. The van der Waals surface area contributed by atoms with Gasteiger partial charge in [0.05, 0.1) is 12.4 Å². The molecule has 0 saturated carbocycles. The number of anilines is 1. The van der Waals surface area contributed by atoms with Gasteiger partial charge in [-0.05, 0) is 18.9 Å². The molecule has 7 heteroatoms. The van der Waals surface area contributed by atoms with Crippen LogP contribution in [0, 0.1) is 0 Å². The van der Waals surface area contributed by atoms with E-state index in [1.807, 2.05) is 6.07 Å². The van der Waals surface area contributed by atoms with Gasteiger partial charge in [-0.25, -0.2) is 9.97 Å². The van der Waals surface area contributed by atoms with E-state index in [0.717, 1.165) is 25.2 Å². The molecule has 1 saturated heterocycles. The summed E-state index contributed by atoms with van der Waals surface area (Å²) in [6.45, 7) is 1.49. The Kier molecular flexibility index (Phi) is 3.58. The first-order valence-corrected chi connectivity index (χ1v) is 7.25. The molecule has 0 aromatic carbocycles. The highest BCUT2D eigenvalue weighted by Crippen LogP contribution is 2.19. The SMILES string of the molecule is CS(=O)(=O)OC1CCN(c2ccncn2)CC1. The van der Waals surface area contributed by atoms with E-state index in [1.54, 1.807) is 6.20 Å². The van der Waals surface area contributed by atoms with Crippen LogP contribution in [0.15, 0.2) is 18.6 Å². The zero-order valence-corrected chi connectivity index (χ0v) is 10.4. The number of piperidine rings is 1. The van der Waals surface area contributed by atoms with Crippen molar-refractivity contribution in [2.45, 2.75) is 18.9 Å². The third-order valence-electron chi connectivity index (χ3n) is 2.64. The van der Waals surface area contributed by atoms with Gasteiger partial charge < -0.3 is 4.90 Å². The van der Waals surface area contributed by atoms with Crippen LogP contribution in [0.2, 0.25) is 0 Å². The molecule has 0 unspecified atom stereocenters. The van der Waals surface area contributed by atoms with Crippen LogP contribution in [0.1, 0.15) is 12.8 Å². The molecule has 1 aliphatic rings. The minimum Gasteiger partial charge on any atom is -0.356 e. The van der Waals surface area contributed by atoms with Crippen LogP contribution < -0.4 is 4.90 Å². The zero-order valence-electron chi connectivity index (χ0n) is 9.61. The van der Waals surface area contributed by atoms with Crippen molar-refractivity contribution >= 4 is 15.9 Å². The van der Waals surface area contributed by atoms with Crippen molar-refractivity contribution < 1.29 is 12.6 Å². The van der Waals surface area contributed by atoms with Crippen molar-refractivity contribution in [2.75, 3.05) is 24.2 Å². The molecule has 2 heterocycles. The summed E-state index contributed by atoms with van der Waals surface area (Å²) in [6, 6.07) is 1.84. The van der Waals surface area contributed by atoms with Crippen molar-refractivity contribution in [3.05, 3.63) is 18.6 Å². The molecule has 0 bridgehead atoms. The number of hydrogen-bond acceptors (Lipinski definition) is 6. The molecule has 2 rings (SSSR count). The molecule has 1 aromatic heterocycles. The monoisotopic (exact) mass is 257 g/mol. The van der Waals surface area contributed by atoms with Gasteiger partial charge in [-0.1, -0.05) is 0 Å². The molecular weight excluding hydrogens is 242 g/mol. The summed E-state index contributed by atoms with van der Waals surface area (Å²) in [5, 5.41) is 0. The highest BCUT2D eigenvalue weighted by molar-refractivity contribution is 7.86. The number of rotatable bonds is 3. The van der Waals surface area contributed by atoms with Crippen LogP contribution in [-0.4, -0.2) is 43.8 Å². The highest BCUT2D eigenvalue weighted by atomic mass is 32.2. The van der Waals surface area contributed by atoms with E-state index in [0.29, 0.717) is 12.8 Å². The maximum absolute atomic E-state index is 11.0. The standard InChI is InChI=1S/C10H15N3O3S/c1-17(14,15)16-9-3-6-13(7-4-9)10-2-5-11-8-12-10/h2,5,8-9H,3-4,6-7H2,1H3. The Morgan fingerprint density at radius 2 is 2.12 bits per heavy atom. The van der Waals surface area contributed by atoms with Crippen LogP contribution >= 0.6 is 0 Å². The topological polar surface area (TPSA) is 72.4 Å². The zero-order chi connectivity index (χ0) is 12.3. The van der Waals surface area contributed by atoms with Gasteiger partial charge >= 0.3 is 0 Å². The van der Waals surface area contributed by atoms with Gasteiger partial charge in [0.1, 0.15) is 12.1 Å². The Hall–Kier alpha value is -1.21. The summed E-state index contributed by atoms with van der Waals surface area (Å²) in [7, 11) is -3.35. The Morgan fingerprint density at radius 1 is 1.41 bits per heavy atom. The van der Waals surface area contributed by atoms with Crippen molar-refractivity contribution in [3.8, 4) is 0 Å². The summed E-state index contributed by atoms with van der Waals surface area (Å²) < 4.78 is 27.0. The van der Waals surface area contributed by atoms with E-state index >= 15 is 0 Å². The van der Waals surface area contributed by atoms with Crippen LogP contribution in [0.25, 0.3) is 0 Å². The van der Waals surface area contributed by atoms with Gasteiger partial charge in [0.15, 0.2) is 0 Å². The second-order valence-corrected chi connectivity index (χ2v) is 5.66. The number of nitrogens with zero attached hydrogens (tertiary/aromatic N) is 3. The quantitative estimate of drug-likeness (QED) is 0.731. The molecule has 6 nitrogen and oxygen atoms in total. The second-order valence-electron chi connectivity index (χ2n) is 4.05. The first-order valence-electron chi connectivity index (χ1n) is 5.44. The van der Waals surface area contributed by atoms with E-state index in [9.17, 15) is 8.42 Å². The maximum atomic E-state index is 11.0. The molecule has 1 fully saturated rings. The summed E-state index contributed by atoms with van der Waals surface area (Å²) in [4.78, 5) is 10.1. The van der Waals surface area contributed by atoms with E-state index in [2.05, 4.69) is 14.9 Å². The second kappa shape index (κ2) is 4.97. The fourth-order valence-electron chi connectivity index (χ4n) is 1.90. The smallest absolute Gasteiger partial charge is 0.264 e. The summed E-state index contributed by atoms with van der Waals surface area (Å²) >= 11 is 0. The molecule has 94 valence electrons. The third-order valence-corrected chi connectivity index (χ3v) is 3.26. The molecule has 0 aliphatic carbocycles. The van der Waals surface area contributed by atoms with Crippen LogP contribution in [0.5, 0.6) is 0 Å². The molecule has 0 atom stereocenters. The summed E-state index contributed by atoms with van der Waals surface area (Å²) in [5.41, 5.74) is 0. The van der Waals surface area contributed by atoms with Crippen molar-refractivity contribution in [1.82, 2.24) is 9.97 Å². The minimum atomic E-state index is -3.35. The summed E-state index contributed by atoms with van der Waals surface area (Å²) in [6.07, 6.45) is 5.47. The Labute approximate surface area is 101 Å². The Balaban J connectivity index is 1.91. The van der Waals surface area contributed by atoms with E-state index in [4.69, 9.17) is 4.18 Å². The number of hydrogen-bond donors (Lipinski definition) is 0. The lowest BCUT2D eigenvalue weighted by molar-refractivity contribution is 0.180. The van der Waals surface area contributed by atoms with Crippen molar-refractivity contribution in [1.29, 1.82) is 0 Å². The van der Waals surface area contributed by atoms with Crippen LogP contribution in [0.3, 0.4) is 0 Å². The number of aromatic nitrogens is 2. The molecule has 0 amide bonds. The molecule has 0 N–H and O–H groups in total. The lowest BCUT2D eigenvalue weighted by Gasteiger charge is -2.31. The van der Waals surface area contributed by atoms with E-state index in [-0.39, 0.29) is 6.10 Å². The molecule has 0 spiro atoms. The van der Waals surface area contributed by atoms with E-state index < -0.39 is 10.1 Å². The van der Waals surface area contributed by atoms with Gasteiger partial charge in [0.2, 0.25) is 0 Å². The van der Waals surface area contributed by atoms with Crippen LogP contribution in [-0.2, 0) is 14.3 Å². The fraction of sp³-hybridized carbons (Fsp3) is 0.600. The first kappa shape index (κ1) is 12.3. The first-order chi connectivity index (χ1) is 8.04. The lowest BCUT2D eigenvalue weighted by Crippen LogP contribution is -2.38. The molecule has 1 aromatic rings. The molecule has 17 heavy (non-hydrogen) atoms. The lowest BCUT2D eigenvalue weighted by atomic mass is 10.1. The maximum Gasteiger partial charge on any atom is 0.264 e. The normalized spacial score (nSPS) is 18.3. The van der Waals surface area contributed by atoms with Crippen molar-refractivity contribution in [2.24, 2.45) is 0 Å². The molecular formula is C10H15N3O3S. The average molecular weight is 257 g/mol. The predicted molar refractivity (Wildman–Crippen MR) is 63.2 cm³/mol.